The van der Waals surface area contributed by atoms with Crippen molar-refractivity contribution in [2.24, 2.45) is 7.05 Å². The summed E-state index contributed by atoms with van der Waals surface area (Å²) in [5.74, 6) is 0.670. The molecule has 0 radical (unpaired) electrons. The topological polar surface area (TPSA) is 48.0 Å². The first kappa shape index (κ1) is 7.79. The van der Waals surface area contributed by atoms with Crippen molar-refractivity contribution in [2.45, 2.75) is 0 Å². The maximum Gasteiger partial charge on any atom is 0.168 e. The zero-order chi connectivity index (χ0) is 9.26. The highest BCUT2D eigenvalue weighted by Gasteiger charge is 2.07. The molecule has 13 heavy (non-hydrogen) atoms. The molecule has 0 aliphatic carbocycles. The largest absolute Gasteiger partial charge is 0.463 e. The Morgan fingerprint density at radius 1 is 1.62 bits per heavy atom. The fourth-order valence-corrected chi connectivity index (χ4v) is 1.14. The van der Waals surface area contributed by atoms with Crippen LogP contribution in [0.25, 0.3) is 11.5 Å². The Kier molecular flexibility index (Phi) is 1.73. The molecule has 0 saturated heterocycles. The molecule has 4 heteroatoms. The van der Waals surface area contributed by atoms with Gasteiger partial charge in [-0.25, -0.2) is 0 Å². The first-order valence-electron chi connectivity index (χ1n) is 3.84. The van der Waals surface area contributed by atoms with Gasteiger partial charge in [-0.05, 0) is 18.2 Å². The van der Waals surface area contributed by atoms with E-state index in [4.69, 9.17) is 4.42 Å². The van der Waals surface area contributed by atoms with Crippen molar-refractivity contribution in [1.29, 1.82) is 0 Å². The number of carbonyl (C=O) groups excluding carboxylic acids is 1. The van der Waals surface area contributed by atoms with E-state index in [9.17, 15) is 4.79 Å². The highest BCUT2D eigenvalue weighted by atomic mass is 16.3. The number of aromatic nitrogens is 2. The van der Waals surface area contributed by atoms with Gasteiger partial charge in [0.1, 0.15) is 11.4 Å². The molecule has 66 valence electrons. The second kappa shape index (κ2) is 2.90. The maximum atomic E-state index is 10.5. The average molecular weight is 176 g/mol. The molecule has 2 aromatic heterocycles. The number of carbonyl (C=O) groups is 1. The second-order valence-electron chi connectivity index (χ2n) is 2.67. The molecule has 0 spiro atoms. The third-order valence-electron chi connectivity index (χ3n) is 1.81. The van der Waals surface area contributed by atoms with Crippen LogP contribution in [0.5, 0.6) is 0 Å². The molecule has 0 aromatic carbocycles. The number of nitrogens with zero attached hydrogens (tertiary/aromatic N) is 2. The molecule has 0 saturated carbocycles. The lowest BCUT2D eigenvalue weighted by Crippen LogP contribution is -1.95. The molecule has 0 fully saturated rings. The van der Waals surface area contributed by atoms with Gasteiger partial charge in [0.05, 0.1) is 6.26 Å². The van der Waals surface area contributed by atoms with Crippen molar-refractivity contribution in [2.75, 3.05) is 0 Å². The third-order valence-corrected chi connectivity index (χ3v) is 1.81. The Morgan fingerprint density at radius 2 is 2.46 bits per heavy atom. The number of furan rings is 1. The minimum Gasteiger partial charge on any atom is -0.463 e. The second-order valence-corrected chi connectivity index (χ2v) is 2.67. The quantitative estimate of drug-likeness (QED) is 0.651. The van der Waals surface area contributed by atoms with Crippen molar-refractivity contribution in [3.63, 3.8) is 0 Å². The fourth-order valence-electron chi connectivity index (χ4n) is 1.14. The van der Waals surface area contributed by atoms with Crippen molar-refractivity contribution in [3.8, 4) is 11.5 Å². The Balaban J connectivity index is 2.48. The number of hydrogen-bond donors (Lipinski definition) is 0. The Labute approximate surface area is 74.8 Å². The summed E-state index contributed by atoms with van der Waals surface area (Å²) < 4.78 is 6.66. The van der Waals surface area contributed by atoms with E-state index in [1.54, 1.807) is 31.5 Å². The molecule has 0 N–H and O–H groups in total. The summed E-state index contributed by atoms with van der Waals surface area (Å²) in [5, 5.41) is 4.12. The van der Waals surface area contributed by atoms with Crippen LogP contribution in [0.4, 0.5) is 0 Å². The van der Waals surface area contributed by atoms with Gasteiger partial charge >= 0.3 is 0 Å². The highest BCUT2D eigenvalue weighted by molar-refractivity contribution is 5.74. The van der Waals surface area contributed by atoms with Gasteiger partial charge in [-0.2, -0.15) is 5.10 Å². The summed E-state index contributed by atoms with van der Waals surface area (Å²) in [6.07, 6.45) is 2.34. The first-order valence-corrected chi connectivity index (χ1v) is 3.84. The van der Waals surface area contributed by atoms with Crippen molar-refractivity contribution in [1.82, 2.24) is 9.78 Å². The van der Waals surface area contributed by atoms with E-state index in [0.717, 1.165) is 6.29 Å². The number of aldehydes is 1. The van der Waals surface area contributed by atoms with E-state index in [2.05, 4.69) is 5.10 Å². The lowest BCUT2D eigenvalue weighted by Gasteiger charge is -1.88. The van der Waals surface area contributed by atoms with Crippen LogP contribution in [0, 0.1) is 0 Å². The molecule has 2 heterocycles. The van der Waals surface area contributed by atoms with Crippen LogP contribution in [-0.4, -0.2) is 16.1 Å². The minimum atomic E-state index is 0.534. The molecule has 0 unspecified atom stereocenters. The van der Waals surface area contributed by atoms with Gasteiger partial charge < -0.3 is 4.42 Å². The number of rotatable bonds is 2. The predicted molar refractivity (Wildman–Crippen MR) is 46.3 cm³/mol. The zero-order valence-electron chi connectivity index (χ0n) is 7.10. The van der Waals surface area contributed by atoms with E-state index >= 15 is 0 Å². The van der Waals surface area contributed by atoms with Crippen molar-refractivity contribution in [3.05, 3.63) is 30.2 Å². The van der Waals surface area contributed by atoms with Crippen molar-refractivity contribution < 1.29 is 9.21 Å². The number of aryl methyl sites for hydroxylation is 1. The van der Waals surface area contributed by atoms with Gasteiger partial charge in [0.15, 0.2) is 12.0 Å². The molecule has 0 amide bonds. The summed E-state index contributed by atoms with van der Waals surface area (Å²) in [6, 6.07) is 5.27. The first-order chi connectivity index (χ1) is 6.31. The standard InChI is InChI=1S/C9H8N2O2/c1-11-7(6-12)5-8(10-11)9-3-2-4-13-9/h2-6H,1H3. The Hall–Kier alpha value is -1.84. The van der Waals surface area contributed by atoms with Gasteiger partial charge in [0.2, 0.25) is 0 Å². The summed E-state index contributed by atoms with van der Waals surface area (Å²) in [7, 11) is 1.72. The third kappa shape index (κ3) is 1.26. The van der Waals surface area contributed by atoms with Crippen LogP contribution >= 0.6 is 0 Å². The molecule has 4 nitrogen and oxygen atoms in total. The molecular formula is C9H8N2O2. The monoisotopic (exact) mass is 176 g/mol. The van der Waals surface area contributed by atoms with Gasteiger partial charge in [-0.3, -0.25) is 9.48 Å². The van der Waals surface area contributed by atoms with Gasteiger partial charge in [0, 0.05) is 7.05 Å². The Bertz CT molecular complexity index is 415. The molecule has 0 aliphatic rings. The van der Waals surface area contributed by atoms with Crippen LogP contribution in [0.3, 0.4) is 0 Å². The van der Waals surface area contributed by atoms with Crippen LogP contribution in [0.15, 0.2) is 28.9 Å². The molecule has 2 aromatic rings. The van der Waals surface area contributed by atoms with E-state index in [-0.39, 0.29) is 0 Å². The zero-order valence-corrected chi connectivity index (χ0v) is 7.10. The van der Waals surface area contributed by atoms with E-state index < -0.39 is 0 Å². The molecule has 0 atom stereocenters. The fraction of sp³-hybridized carbons (Fsp3) is 0.111. The number of hydrogen-bond acceptors (Lipinski definition) is 3. The summed E-state index contributed by atoms with van der Waals surface area (Å²) in [6.45, 7) is 0. The highest BCUT2D eigenvalue weighted by Crippen LogP contribution is 2.17. The summed E-state index contributed by atoms with van der Waals surface area (Å²) in [5.41, 5.74) is 1.21. The van der Waals surface area contributed by atoms with Crippen LogP contribution in [-0.2, 0) is 7.05 Å². The molecule has 0 aliphatic heterocycles. The van der Waals surface area contributed by atoms with Crippen LogP contribution in [0.1, 0.15) is 10.5 Å². The van der Waals surface area contributed by atoms with Gasteiger partial charge in [-0.15, -0.1) is 0 Å². The van der Waals surface area contributed by atoms with E-state index in [1.165, 1.54) is 4.68 Å². The smallest absolute Gasteiger partial charge is 0.168 e. The SMILES string of the molecule is Cn1nc(-c2ccco2)cc1C=O. The molecule has 2 rings (SSSR count). The van der Waals surface area contributed by atoms with E-state index in [1.807, 2.05) is 0 Å². The lowest BCUT2D eigenvalue weighted by atomic mass is 10.3. The normalized spacial score (nSPS) is 10.2. The summed E-state index contributed by atoms with van der Waals surface area (Å²) in [4.78, 5) is 10.5. The van der Waals surface area contributed by atoms with Crippen LogP contribution < -0.4 is 0 Å². The Morgan fingerprint density at radius 3 is 3.00 bits per heavy atom. The van der Waals surface area contributed by atoms with E-state index in [0.29, 0.717) is 17.1 Å². The molecular weight excluding hydrogens is 168 g/mol. The summed E-state index contributed by atoms with van der Waals surface area (Å²) >= 11 is 0. The lowest BCUT2D eigenvalue weighted by molar-refractivity contribution is 0.111. The van der Waals surface area contributed by atoms with Crippen molar-refractivity contribution >= 4 is 6.29 Å². The average Bonchev–Trinajstić information content (AvgIpc) is 2.71. The maximum absolute atomic E-state index is 10.5. The minimum absolute atomic E-state index is 0.534. The van der Waals surface area contributed by atoms with Gasteiger partial charge in [0.25, 0.3) is 0 Å². The van der Waals surface area contributed by atoms with Gasteiger partial charge in [-0.1, -0.05) is 0 Å². The predicted octanol–water partition coefficient (Wildman–Crippen LogP) is 1.49. The molecule has 0 bridgehead atoms. The van der Waals surface area contributed by atoms with Crippen LogP contribution in [0.2, 0.25) is 0 Å².